The van der Waals surface area contributed by atoms with Crippen LogP contribution in [0.15, 0.2) is 23.4 Å². The molecule has 1 saturated heterocycles. The van der Waals surface area contributed by atoms with Crippen molar-refractivity contribution < 1.29 is 9.94 Å². The van der Waals surface area contributed by atoms with Crippen LogP contribution in [-0.4, -0.2) is 41.2 Å². The number of amidine groups is 1. The van der Waals surface area contributed by atoms with Crippen molar-refractivity contribution in [1.82, 2.24) is 4.90 Å². The number of rotatable bonds is 3. The van der Waals surface area contributed by atoms with Gasteiger partial charge in [-0.15, -0.1) is 0 Å². The van der Waals surface area contributed by atoms with E-state index >= 15 is 0 Å². The summed E-state index contributed by atoms with van der Waals surface area (Å²) < 4.78 is 6.00. The zero-order chi connectivity index (χ0) is 14.1. The van der Waals surface area contributed by atoms with E-state index < -0.39 is 0 Å². The minimum Gasteiger partial charge on any atom is -0.488 e. The highest BCUT2D eigenvalue weighted by molar-refractivity contribution is 5.85. The summed E-state index contributed by atoms with van der Waals surface area (Å²) in [6, 6.07) is 6.38. The first-order chi connectivity index (χ1) is 9.67. The highest BCUT2D eigenvalue weighted by atomic mass is 16.5. The van der Waals surface area contributed by atoms with Gasteiger partial charge in [0.05, 0.1) is 6.04 Å². The lowest BCUT2D eigenvalue weighted by atomic mass is 10.1. The van der Waals surface area contributed by atoms with Gasteiger partial charge in [0, 0.05) is 13.0 Å². The van der Waals surface area contributed by atoms with E-state index in [4.69, 9.17) is 15.7 Å². The molecule has 0 saturated carbocycles. The Hall–Kier alpha value is -1.75. The predicted molar refractivity (Wildman–Crippen MR) is 77.3 cm³/mol. The summed E-state index contributed by atoms with van der Waals surface area (Å²) in [6.45, 7) is 3.91. The summed E-state index contributed by atoms with van der Waals surface area (Å²) in [7, 11) is 0. The van der Waals surface area contributed by atoms with Crippen LogP contribution in [0.25, 0.3) is 0 Å². The molecular weight excluding hydrogens is 254 g/mol. The topological polar surface area (TPSA) is 71.1 Å². The zero-order valence-corrected chi connectivity index (χ0v) is 11.7. The van der Waals surface area contributed by atoms with Crippen molar-refractivity contribution in [3.05, 3.63) is 29.3 Å². The molecule has 2 unspecified atom stereocenters. The maximum absolute atomic E-state index is 8.85. The Morgan fingerprint density at radius 2 is 2.40 bits per heavy atom. The van der Waals surface area contributed by atoms with Crippen molar-refractivity contribution in [2.24, 2.45) is 10.9 Å². The van der Waals surface area contributed by atoms with Gasteiger partial charge < -0.3 is 15.7 Å². The van der Waals surface area contributed by atoms with Gasteiger partial charge in [-0.3, -0.25) is 4.90 Å². The Morgan fingerprint density at radius 1 is 1.55 bits per heavy atom. The summed E-state index contributed by atoms with van der Waals surface area (Å²) in [5, 5.41) is 12.0. The summed E-state index contributed by atoms with van der Waals surface area (Å²) in [6.07, 6.45) is 3.14. The molecule has 0 bridgehead atoms. The van der Waals surface area contributed by atoms with Crippen molar-refractivity contribution in [3.8, 4) is 5.75 Å². The number of nitrogens with two attached hydrogens (primary N) is 1. The van der Waals surface area contributed by atoms with Gasteiger partial charge in [-0.1, -0.05) is 22.9 Å². The van der Waals surface area contributed by atoms with E-state index in [0.717, 1.165) is 38.1 Å². The van der Waals surface area contributed by atoms with Crippen LogP contribution in [0.1, 0.15) is 24.0 Å². The first kappa shape index (κ1) is 13.2. The first-order valence-corrected chi connectivity index (χ1v) is 7.15. The van der Waals surface area contributed by atoms with Gasteiger partial charge >= 0.3 is 0 Å². The third kappa shape index (κ3) is 2.45. The highest BCUT2D eigenvalue weighted by Gasteiger charge is 2.32. The van der Waals surface area contributed by atoms with Gasteiger partial charge in [-0.25, -0.2) is 0 Å². The lowest BCUT2D eigenvalue weighted by Gasteiger charge is -2.25. The fourth-order valence-electron chi connectivity index (χ4n) is 3.26. The van der Waals surface area contributed by atoms with Crippen LogP contribution in [0.3, 0.4) is 0 Å². The Bertz CT molecular complexity index is 530. The highest BCUT2D eigenvalue weighted by Crippen LogP contribution is 2.30. The molecular formula is C15H21N3O2. The second-order valence-corrected chi connectivity index (χ2v) is 5.73. The molecule has 2 aliphatic heterocycles. The number of likely N-dealkylation sites (tertiary alicyclic amines) is 1. The van der Waals surface area contributed by atoms with E-state index in [2.05, 4.69) is 35.2 Å². The van der Waals surface area contributed by atoms with E-state index in [0.29, 0.717) is 5.84 Å². The summed E-state index contributed by atoms with van der Waals surface area (Å²) in [5.41, 5.74) is 8.32. The third-order valence-corrected chi connectivity index (χ3v) is 4.22. The van der Waals surface area contributed by atoms with Gasteiger partial charge in [-0.2, -0.15) is 0 Å². The maximum Gasteiger partial charge on any atom is 0.156 e. The molecule has 5 nitrogen and oxygen atoms in total. The summed E-state index contributed by atoms with van der Waals surface area (Å²) in [4.78, 5) is 2.26. The van der Waals surface area contributed by atoms with Crippen molar-refractivity contribution in [2.75, 3.05) is 13.1 Å². The molecule has 2 aliphatic rings. The molecule has 0 amide bonds. The number of nitrogens with zero attached hydrogens (tertiary/aromatic N) is 2. The molecule has 2 heterocycles. The van der Waals surface area contributed by atoms with Crippen LogP contribution in [0.5, 0.6) is 5.75 Å². The molecule has 3 rings (SSSR count). The molecule has 20 heavy (non-hydrogen) atoms. The molecule has 0 aliphatic carbocycles. The van der Waals surface area contributed by atoms with Crippen LogP contribution in [-0.2, 0) is 6.42 Å². The largest absolute Gasteiger partial charge is 0.488 e. The second-order valence-electron chi connectivity index (χ2n) is 5.73. The standard InChI is InChI=1S/C15H21N3O2/c1-10-4-5-14-11(7-10)8-12(20-14)9-18-6-2-3-13(18)15(16)17-19/h4-5,7,12-13,19H,2-3,6,8-9H2,1H3,(H2,16,17). The van der Waals surface area contributed by atoms with Gasteiger partial charge in [0.25, 0.3) is 0 Å². The van der Waals surface area contributed by atoms with Crippen LogP contribution in [0.2, 0.25) is 0 Å². The zero-order valence-electron chi connectivity index (χ0n) is 11.7. The summed E-state index contributed by atoms with van der Waals surface area (Å²) in [5.74, 6) is 1.31. The molecule has 1 aromatic rings. The monoisotopic (exact) mass is 275 g/mol. The van der Waals surface area contributed by atoms with Crippen molar-refractivity contribution in [2.45, 2.75) is 38.3 Å². The molecule has 1 fully saturated rings. The van der Waals surface area contributed by atoms with Crippen LogP contribution in [0.4, 0.5) is 0 Å². The molecule has 1 aromatic carbocycles. The van der Waals surface area contributed by atoms with E-state index in [-0.39, 0.29) is 12.1 Å². The van der Waals surface area contributed by atoms with E-state index in [1.807, 2.05) is 0 Å². The van der Waals surface area contributed by atoms with E-state index in [1.54, 1.807) is 0 Å². The van der Waals surface area contributed by atoms with Gasteiger partial charge in [0.1, 0.15) is 11.9 Å². The predicted octanol–water partition coefficient (Wildman–Crippen LogP) is 1.51. The maximum atomic E-state index is 8.85. The summed E-state index contributed by atoms with van der Waals surface area (Å²) >= 11 is 0. The number of fused-ring (bicyclic) bond motifs is 1. The molecule has 0 aromatic heterocycles. The van der Waals surface area contributed by atoms with E-state index in [1.165, 1.54) is 11.1 Å². The molecule has 0 radical (unpaired) electrons. The second kappa shape index (κ2) is 5.32. The Balaban J connectivity index is 1.66. The Labute approximate surface area is 119 Å². The molecule has 3 N–H and O–H groups in total. The van der Waals surface area contributed by atoms with Crippen LogP contribution >= 0.6 is 0 Å². The molecule has 2 atom stereocenters. The van der Waals surface area contributed by atoms with Crippen LogP contribution < -0.4 is 10.5 Å². The fraction of sp³-hybridized carbons (Fsp3) is 0.533. The van der Waals surface area contributed by atoms with Gasteiger partial charge in [0.2, 0.25) is 0 Å². The number of oxime groups is 1. The fourth-order valence-corrected chi connectivity index (χ4v) is 3.26. The average molecular weight is 275 g/mol. The lowest BCUT2D eigenvalue weighted by Crippen LogP contribution is -2.44. The van der Waals surface area contributed by atoms with Crippen molar-refractivity contribution in [3.63, 3.8) is 0 Å². The lowest BCUT2D eigenvalue weighted by molar-refractivity contribution is 0.156. The molecule has 0 spiro atoms. The normalized spacial score (nSPS) is 26.6. The number of hydrogen-bond donors (Lipinski definition) is 2. The SMILES string of the molecule is Cc1ccc2c(c1)CC(CN1CCCC1C(N)=NO)O2. The quantitative estimate of drug-likeness (QED) is 0.380. The smallest absolute Gasteiger partial charge is 0.156 e. The number of aryl methyl sites for hydroxylation is 1. The van der Waals surface area contributed by atoms with Gasteiger partial charge in [-0.05, 0) is 37.9 Å². The number of benzene rings is 1. The minimum atomic E-state index is 0.0500. The minimum absolute atomic E-state index is 0.0500. The third-order valence-electron chi connectivity index (χ3n) is 4.22. The first-order valence-electron chi connectivity index (χ1n) is 7.15. The van der Waals surface area contributed by atoms with Crippen molar-refractivity contribution >= 4 is 5.84 Å². The molecule has 108 valence electrons. The number of ether oxygens (including phenoxy) is 1. The average Bonchev–Trinajstić information content (AvgIpc) is 3.04. The van der Waals surface area contributed by atoms with Crippen LogP contribution in [0, 0.1) is 6.92 Å². The molecule has 5 heteroatoms. The Kier molecular flexibility index (Phi) is 3.53. The van der Waals surface area contributed by atoms with Crippen molar-refractivity contribution in [1.29, 1.82) is 0 Å². The van der Waals surface area contributed by atoms with Gasteiger partial charge in [0.15, 0.2) is 5.84 Å². The number of hydrogen-bond acceptors (Lipinski definition) is 4. The Morgan fingerprint density at radius 3 is 3.20 bits per heavy atom. The van der Waals surface area contributed by atoms with E-state index in [9.17, 15) is 0 Å².